The van der Waals surface area contributed by atoms with Crippen molar-refractivity contribution in [2.24, 2.45) is 5.73 Å². The number of sulfone groups is 1. The van der Waals surface area contributed by atoms with Gasteiger partial charge in [-0.05, 0) is 49.4 Å². The predicted octanol–water partition coefficient (Wildman–Crippen LogP) is 2.48. The SMILES string of the molecule is Cc1cc(C2(CN)CCCC2)c(S(C)(=O)=O)cc1C. The van der Waals surface area contributed by atoms with Gasteiger partial charge in [-0.3, -0.25) is 0 Å². The minimum absolute atomic E-state index is 0.142. The lowest BCUT2D eigenvalue weighted by molar-refractivity contribution is 0.442. The zero-order valence-corrected chi connectivity index (χ0v) is 12.8. The second-order valence-electron chi connectivity index (χ2n) is 5.90. The molecule has 19 heavy (non-hydrogen) atoms. The molecule has 0 heterocycles. The molecule has 1 fully saturated rings. The molecule has 0 unspecified atom stereocenters. The summed E-state index contributed by atoms with van der Waals surface area (Å²) in [5.41, 5.74) is 8.97. The summed E-state index contributed by atoms with van der Waals surface area (Å²) >= 11 is 0. The van der Waals surface area contributed by atoms with Crippen LogP contribution in [0.15, 0.2) is 17.0 Å². The molecule has 0 amide bonds. The van der Waals surface area contributed by atoms with Crippen LogP contribution in [-0.2, 0) is 15.3 Å². The van der Waals surface area contributed by atoms with Gasteiger partial charge in [0.25, 0.3) is 0 Å². The molecule has 1 aromatic carbocycles. The van der Waals surface area contributed by atoms with Crippen LogP contribution in [0.5, 0.6) is 0 Å². The van der Waals surface area contributed by atoms with Gasteiger partial charge in [0.05, 0.1) is 4.90 Å². The Balaban J connectivity index is 2.71. The predicted molar refractivity (Wildman–Crippen MR) is 78.2 cm³/mol. The van der Waals surface area contributed by atoms with E-state index in [9.17, 15) is 8.42 Å². The molecule has 0 aromatic heterocycles. The molecule has 1 aliphatic carbocycles. The molecule has 4 heteroatoms. The van der Waals surface area contributed by atoms with Crippen LogP contribution in [0, 0.1) is 13.8 Å². The van der Waals surface area contributed by atoms with Crippen LogP contribution in [0.4, 0.5) is 0 Å². The molecular weight excluding hydrogens is 258 g/mol. The lowest BCUT2D eigenvalue weighted by atomic mass is 9.78. The normalized spacial score (nSPS) is 18.7. The zero-order valence-electron chi connectivity index (χ0n) is 12.0. The van der Waals surface area contributed by atoms with E-state index in [4.69, 9.17) is 5.73 Å². The van der Waals surface area contributed by atoms with Gasteiger partial charge in [0.2, 0.25) is 0 Å². The second kappa shape index (κ2) is 4.91. The lowest BCUT2D eigenvalue weighted by Gasteiger charge is -2.30. The molecule has 2 N–H and O–H groups in total. The Morgan fingerprint density at radius 3 is 2.16 bits per heavy atom. The summed E-state index contributed by atoms with van der Waals surface area (Å²) in [6, 6.07) is 3.86. The average molecular weight is 281 g/mol. The number of hydrogen-bond acceptors (Lipinski definition) is 3. The van der Waals surface area contributed by atoms with E-state index in [0.717, 1.165) is 42.4 Å². The fourth-order valence-corrected chi connectivity index (χ4v) is 4.21. The van der Waals surface area contributed by atoms with E-state index in [1.54, 1.807) is 0 Å². The largest absolute Gasteiger partial charge is 0.330 e. The van der Waals surface area contributed by atoms with E-state index in [2.05, 4.69) is 0 Å². The fourth-order valence-electron chi connectivity index (χ4n) is 3.15. The van der Waals surface area contributed by atoms with Gasteiger partial charge in [-0.1, -0.05) is 18.9 Å². The third kappa shape index (κ3) is 2.56. The average Bonchev–Trinajstić information content (AvgIpc) is 2.80. The van der Waals surface area contributed by atoms with Crippen LogP contribution >= 0.6 is 0 Å². The standard InChI is InChI=1S/C15H23NO2S/c1-11-8-13(15(10-16)6-4-5-7-15)14(9-12(11)2)19(3,17)18/h8-9H,4-7,10,16H2,1-3H3. The lowest BCUT2D eigenvalue weighted by Crippen LogP contribution is -2.33. The molecular formula is C15H23NO2S. The molecule has 0 spiro atoms. The van der Waals surface area contributed by atoms with Gasteiger partial charge < -0.3 is 5.73 Å². The van der Waals surface area contributed by atoms with E-state index >= 15 is 0 Å². The van der Waals surface area contributed by atoms with E-state index in [1.165, 1.54) is 6.26 Å². The first-order valence-electron chi connectivity index (χ1n) is 6.82. The van der Waals surface area contributed by atoms with Crippen molar-refractivity contribution in [1.29, 1.82) is 0 Å². The Hall–Kier alpha value is -0.870. The van der Waals surface area contributed by atoms with Crippen molar-refractivity contribution in [2.75, 3.05) is 12.8 Å². The number of aryl methyl sites for hydroxylation is 2. The monoisotopic (exact) mass is 281 g/mol. The molecule has 106 valence electrons. The van der Waals surface area contributed by atoms with Crippen molar-refractivity contribution in [2.45, 2.75) is 49.8 Å². The molecule has 0 bridgehead atoms. The zero-order chi connectivity index (χ0) is 14.3. The molecule has 1 saturated carbocycles. The van der Waals surface area contributed by atoms with Crippen LogP contribution in [0.3, 0.4) is 0 Å². The Labute approximate surface area is 116 Å². The molecule has 0 saturated heterocycles. The van der Waals surface area contributed by atoms with Crippen LogP contribution in [0.25, 0.3) is 0 Å². The quantitative estimate of drug-likeness (QED) is 0.926. The third-order valence-electron chi connectivity index (χ3n) is 4.52. The summed E-state index contributed by atoms with van der Waals surface area (Å²) in [6.45, 7) is 4.51. The van der Waals surface area contributed by atoms with E-state index in [-0.39, 0.29) is 5.41 Å². The first kappa shape index (κ1) is 14.5. The van der Waals surface area contributed by atoms with Crippen molar-refractivity contribution in [3.8, 4) is 0 Å². The van der Waals surface area contributed by atoms with Crippen molar-refractivity contribution in [3.63, 3.8) is 0 Å². The van der Waals surface area contributed by atoms with Crippen LogP contribution in [0.1, 0.15) is 42.4 Å². The summed E-state index contributed by atoms with van der Waals surface area (Å²) in [6.07, 6.45) is 5.55. The molecule has 0 aliphatic heterocycles. The van der Waals surface area contributed by atoms with Crippen LogP contribution < -0.4 is 5.73 Å². The molecule has 1 aliphatic rings. The summed E-state index contributed by atoms with van der Waals surface area (Å²) in [5.74, 6) is 0. The number of hydrogen-bond donors (Lipinski definition) is 1. The van der Waals surface area contributed by atoms with Crippen LogP contribution in [0.2, 0.25) is 0 Å². The Kier molecular flexibility index (Phi) is 3.76. The highest BCUT2D eigenvalue weighted by Gasteiger charge is 2.37. The topological polar surface area (TPSA) is 60.2 Å². The van der Waals surface area contributed by atoms with Gasteiger partial charge in [0.1, 0.15) is 0 Å². The molecule has 1 aromatic rings. The first-order chi connectivity index (χ1) is 8.80. The highest BCUT2D eigenvalue weighted by atomic mass is 32.2. The maximum atomic E-state index is 12.1. The summed E-state index contributed by atoms with van der Waals surface area (Å²) in [4.78, 5) is 0.475. The van der Waals surface area contributed by atoms with Gasteiger partial charge in [-0.15, -0.1) is 0 Å². The van der Waals surface area contributed by atoms with E-state index < -0.39 is 9.84 Å². The van der Waals surface area contributed by atoms with Gasteiger partial charge in [0, 0.05) is 18.2 Å². The number of benzene rings is 1. The smallest absolute Gasteiger partial charge is 0.175 e. The molecule has 0 atom stereocenters. The minimum Gasteiger partial charge on any atom is -0.330 e. The van der Waals surface area contributed by atoms with Crippen molar-refractivity contribution < 1.29 is 8.42 Å². The highest BCUT2D eigenvalue weighted by Crippen LogP contribution is 2.43. The highest BCUT2D eigenvalue weighted by molar-refractivity contribution is 7.90. The van der Waals surface area contributed by atoms with Gasteiger partial charge in [-0.2, -0.15) is 0 Å². The maximum absolute atomic E-state index is 12.1. The second-order valence-corrected chi connectivity index (χ2v) is 7.88. The van der Waals surface area contributed by atoms with Gasteiger partial charge >= 0.3 is 0 Å². The summed E-state index contributed by atoms with van der Waals surface area (Å²) in [5, 5.41) is 0. The maximum Gasteiger partial charge on any atom is 0.175 e. The molecule has 0 radical (unpaired) electrons. The Bertz CT molecular complexity index is 584. The molecule has 2 rings (SSSR count). The van der Waals surface area contributed by atoms with Crippen molar-refractivity contribution in [1.82, 2.24) is 0 Å². The first-order valence-corrected chi connectivity index (χ1v) is 8.71. The van der Waals surface area contributed by atoms with E-state index in [1.807, 2.05) is 26.0 Å². The third-order valence-corrected chi connectivity index (χ3v) is 5.65. The van der Waals surface area contributed by atoms with Crippen molar-refractivity contribution in [3.05, 3.63) is 28.8 Å². The summed E-state index contributed by atoms with van der Waals surface area (Å²) in [7, 11) is -3.21. The fraction of sp³-hybridized carbons (Fsp3) is 0.600. The number of rotatable bonds is 3. The Morgan fingerprint density at radius 1 is 1.16 bits per heavy atom. The minimum atomic E-state index is -3.21. The van der Waals surface area contributed by atoms with Crippen molar-refractivity contribution >= 4 is 9.84 Å². The molecule has 3 nitrogen and oxygen atoms in total. The number of nitrogens with two attached hydrogens (primary N) is 1. The Morgan fingerprint density at radius 2 is 1.68 bits per heavy atom. The summed E-state index contributed by atoms with van der Waals surface area (Å²) < 4.78 is 24.2. The van der Waals surface area contributed by atoms with Gasteiger partial charge in [-0.25, -0.2) is 8.42 Å². The van der Waals surface area contributed by atoms with Crippen LogP contribution in [-0.4, -0.2) is 21.2 Å². The van der Waals surface area contributed by atoms with E-state index in [0.29, 0.717) is 11.4 Å². The van der Waals surface area contributed by atoms with Gasteiger partial charge in [0.15, 0.2) is 9.84 Å².